The number of halogens is 1. The van der Waals surface area contributed by atoms with E-state index >= 15 is 0 Å². The van der Waals surface area contributed by atoms with Gasteiger partial charge in [0.1, 0.15) is 5.75 Å². The summed E-state index contributed by atoms with van der Waals surface area (Å²) in [5.41, 5.74) is 2.24. The van der Waals surface area contributed by atoms with Gasteiger partial charge in [-0.25, -0.2) is 0 Å². The van der Waals surface area contributed by atoms with Crippen molar-refractivity contribution in [2.24, 2.45) is 17.8 Å². The van der Waals surface area contributed by atoms with Gasteiger partial charge in [0.15, 0.2) is 0 Å². The summed E-state index contributed by atoms with van der Waals surface area (Å²) in [5.74, 6) is -1.98. The lowest BCUT2D eigenvalue weighted by molar-refractivity contribution is -0.139. The first kappa shape index (κ1) is 22.3. The van der Waals surface area contributed by atoms with Gasteiger partial charge in [-0.2, -0.15) is 0 Å². The summed E-state index contributed by atoms with van der Waals surface area (Å²) in [4.78, 5) is 53.6. The summed E-state index contributed by atoms with van der Waals surface area (Å²) < 4.78 is 5.49. The van der Waals surface area contributed by atoms with E-state index in [-0.39, 0.29) is 48.3 Å². The Morgan fingerprint density at radius 1 is 0.971 bits per heavy atom. The Kier molecular flexibility index (Phi) is 5.73. The third-order valence-corrected chi connectivity index (χ3v) is 6.95. The fraction of sp³-hybridized carbons (Fsp3) is 0.308. The molecule has 34 heavy (non-hydrogen) atoms. The molecule has 0 aromatic heterocycles. The van der Waals surface area contributed by atoms with E-state index in [1.54, 1.807) is 48.5 Å². The number of nitrogens with zero attached hydrogens (tertiary/aromatic N) is 2. The lowest BCUT2D eigenvalue weighted by Gasteiger charge is -2.18. The number of esters is 1. The monoisotopic (exact) mass is 478 g/mol. The smallest absolute Gasteiger partial charge is 0.316 e. The molecule has 0 N–H and O–H groups in total. The van der Waals surface area contributed by atoms with Crippen molar-refractivity contribution < 1.29 is 23.9 Å². The molecule has 3 atom stereocenters. The quantitative estimate of drug-likeness (QED) is 0.285. The molecule has 2 aromatic carbocycles. The predicted molar refractivity (Wildman–Crippen MR) is 126 cm³/mol. The Morgan fingerprint density at radius 3 is 2.44 bits per heavy atom. The van der Waals surface area contributed by atoms with Crippen LogP contribution in [-0.4, -0.2) is 30.2 Å². The maximum Gasteiger partial charge on any atom is 0.316 e. The number of benzene rings is 2. The number of allylic oxidation sites excluding steroid dienone is 2. The Bertz CT molecular complexity index is 1220. The van der Waals surface area contributed by atoms with E-state index in [1.807, 2.05) is 13.0 Å². The summed E-state index contributed by atoms with van der Waals surface area (Å²) in [6.45, 7) is 2.19. The molecule has 1 aliphatic carbocycles. The molecule has 0 saturated carbocycles. The van der Waals surface area contributed by atoms with Crippen molar-refractivity contribution in [2.75, 3.05) is 16.3 Å². The zero-order valence-electron chi connectivity index (χ0n) is 18.6. The molecular formula is C26H23ClN2O5. The number of amides is 3. The second-order valence-corrected chi connectivity index (χ2v) is 9.45. The zero-order valence-corrected chi connectivity index (χ0v) is 19.3. The minimum Gasteiger partial charge on any atom is -0.426 e. The molecule has 0 unspecified atom stereocenters. The fourth-order valence-electron chi connectivity index (χ4n) is 4.91. The van der Waals surface area contributed by atoms with Crippen molar-refractivity contribution in [3.05, 3.63) is 65.2 Å². The average molecular weight is 479 g/mol. The maximum atomic E-state index is 12.9. The zero-order chi connectivity index (χ0) is 24.0. The highest BCUT2D eigenvalue weighted by Gasteiger charge is 2.48. The normalized spacial score (nSPS) is 24.4. The summed E-state index contributed by atoms with van der Waals surface area (Å²) in [6, 6.07) is 13.2. The second kappa shape index (κ2) is 8.72. The lowest BCUT2D eigenvalue weighted by Crippen LogP contribution is -2.30. The topological polar surface area (TPSA) is 84.0 Å². The Morgan fingerprint density at radius 2 is 1.71 bits per heavy atom. The SMILES string of the molecule is CC1=CC[C@@H]2C(=O)N(c3ccc(OC(=O)[C@@H]4CC(=O)N(c5cccc(Cl)c5)C4)cc3)C(=O)[C@@H]2C1. The number of carbonyl (C=O) groups is 4. The molecule has 2 aromatic rings. The summed E-state index contributed by atoms with van der Waals surface area (Å²) >= 11 is 6.02. The largest absolute Gasteiger partial charge is 0.426 e. The van der Waals surface area contributed by atoms with Crippen LogP contribution in [0.4, 0.5) is 11.4 Å². The van der Waals surface area contributed by atoms with Gasteiger partial charge in [-0.3, -0.25) is 24.1 Å². The van der Waals surface area contributed by atoms with Crippen LogP contribution in [0.25, 0.3) is 0 Å². The van der Waals surface area contributed by atoms with Gasteiger partial charge in [-0.15, -0.1) is 0 Å². The van der Waals surface area contributed by atoms with E-state index in [0.29, 0.717) is 29.2 Å². The maximum absolute atomic E-state index is 12.9. The van der Waals surface area contributed by atoms with Crippen LogP contribution in [0.2, 0.25) is 5.02 Å². The van der Waals surface area contributed by atoms with Crippen LogP contribution in [0.1, 0.15) is 26.2 Å². The Balaban J connectivity index is 1.24. The summed E-state index contributed by atoms with van der Waals surface area (Å²) in [5, 5.41) is 0.511. The Hall–Kier alpha value is -3.45. The number of fused-ring (bicyclic) bond motifs is 1. The molecule has 2 aliphatic heterocycles. The third-order valence-electron chi connectivity index (χ3n) is 6.71. The van der Waals surface area contributed by atoms with E-state index in [0.717, 1.165) is 5.57 Å². The van der Waals surface area contributed by atoms with Crippen LogP contribution in [0.15, 0.2) is 60.2 Å². The highest BCUT2D eigenvalue weighted by molar-refractivity contribution is 6.31. The fourth-order valence-corrected chi connectivity index (χ4v) is 5.10. The van der Waals surface area contributed by atoms with Gasteiger partial charge in [-0.05, 0) is 62.2 Å². The second-order valence-electron chi connectivity index (χ2n) is 9.02. The summed E-state index contributed by atoms with van der Waals surface area (Å²) in [7, 11) is 0. The molecule has 3 aliphatic rings. The van der Waals surface area contributed by atoms with E-state index in [1.165, 1.54) is 9.80 Å². The van der Waals surface area contributed by atoms with E-state index in [4.69, 9.17) is 16.3 Å². The van der Waals surface area contributed by atoms with Gasteiger partial charge in [-0.1, -0.05) is 29.3 Å². The molecule has 2 heterocycles. The molecule has 2 fully saturated rings. The number of imide groups is 1. The molecule has 0 bridgehead atoms. The van der Waals surface area contributed by atoms with Gasteiger partial charge in [0.25, 0.3) is 0 Å². The first-order valence-electron chi connectivity index (χ1n) is 11.2. The van der Waals surface area contributed by atoms with Crippen molar-refractivity contribution in [2.45, 2.75) is 26.2 Å². The molecule has 0 spiro atoms. The van der Waals surface area contributed by atoms with E-state index in [9.17, 15) is 19.2 Å². The number of rotatable bonds is 4. The Labute approximate surface area is 201 Å². The molecule has 7 nitrogen and oxygen atoms in total. The molecular weight excluding hydrogens is 456 g/mol. The van der Waals surface area contributed by atoms with Crippen LogP contribution >= 0.6 is 11.6 Å². The molecule has 174 valence electrons. The molecule has 5 rings (SSSR count). The third kappa shape index (κ3) is 4.01. The van der Waals surface area contributed by atoms with E-state index < -0.39 is 11.9 Å². The molecule has 2 saturated heterocycles. The minimum atomic E-state index is -0.605. The highest BCUT2D eigenvalue weighted by atomic mass is 35.5. The minimum absolute atomic E-state index is 0.0520. The van der Waals surface area contributed by atoms with E-state index in [2.05, 4.69) is 0 Å². The van der Waals surface area contributed by atoms with Gasteiger partial charge < -0.3 is 9.64 Å². The summed E-state index contributed by atoms with van der Waals surface area (Å²) in [6.07, 6.45) is 3.27. The van der Waals surface area contributed by atoms with Gasteiger partial charge in [0, 0.05) is 23.7 Å². The number of hydrogen-bond acceptors (Lipinski definition) is 5. The first-order valence-corrected chi connectivity index (χ1v) is 11.6. The first-order chi connectivity index (χ1) is 16.3. The lowest BCUT2D eigenvalue weighted by atomic mass is 9.82. The van der Waals surface area contributed by atoms with Crippen LogP contribution in [-0.2, 0) is 19.2 Å². The van der Waals surface area contributed by atoms with Gasteiger partial charge >= 0.3 is 5.97 Å². The number of ether oxygens (including phenoxy) is 1. The standard InChI is InChI=1S/C26H23ClN2O5/c1-15-5-10-21-22(11-15)25(32)29(24(21)31)18-6-8-20(9-7-18)34-26(33)16-12-23(30)28(14-16)19-4-2-3-17(27)13-19/h2-9,13,16,21-22H,10-12,14H2,1H3/t16-,21+,22-/m1/s1. The number of anilines is 2. The molecule has 3 amide bonds. The van der Waals surface area contributed by atoms with Crippen LogP contribution in [0.3, 0.4) is 0 Å². The van der Waals surface area contributed by atoms with Crippen LogP contribution < -0.4 is 14.5 Å². The number of carbonyl (C=O) groups excluding carboxylic acids is 4. The van der Waals surface area contributed by atoms with Crippen LogP contribution in [0.5, 0.6) is 5.75 Å². The van der Waals surface area contributed by atoms with Gasteiger partial charge in [0.2, 0.25) is 17.7 Å². The van der Waals surface area contributed by atoms with Gasteiger partial charge in [0.05, 0.1) is 23.4 Å². The molecule has 8 heteroatoms. The van der Waals surface area contributed by atoms with Crippen molar-refractivity contribution >= 4 is 46.7 Å². The highest BCUT2D eigenvalue weighted by Crippen LogP contribution is 2.40. The van der Waals surface area contributed by atoms with Crippen molar-refractivity contribution in [1.29, 1.82) is 0 Å². The number of hydrogen-bond donors (Lipinski definition) is 0. The van der Waals surface area contributed by atoms with Crippen LogP contribution in [0, 0.1) is 17.8 Å². The average Bonchev–Trinajstić information content (AvgIpc) is 3.32. The van der Waals surface area contributed by atoms with Crippen molar-refractivity contribution in [3.63, 3.8) is 0 Å². The van der Waals surface area contributed by atoms with Crippen molar-refractivity contribution in [1.82, 2.24) is 0 Å². The van der Waals surface area contributed by atoms with Crippen molar-refractivity contribution in [3.8, 4) is 5.75 Å². The molecule has 0 radical (unpaired) electrons. The predicted octanol–water partition coefficient (Wildman–Crippen LogP) is 4.14.